The van der Waals surface area contributed by atoms with Crippen molar-refractivity contribution >= 4 is 38.6 Å². The summed E-state index contributed by atoms with van der Waals surface area (Å²) in [6, 6.07) is 14.5. The molecular weight excluding hydrogens is 518 g/mol. The number of hydrogen-bond acceptors (Lipinski definition) is 6. The number of halogens is 1. The van der Waals surface area contributed by atoms with Gasteiger partial charge in [0.2, 0.25) is 10.0 Å². The number of nitrogens with zero attached hydrogens (tertiary/aromatic N) is 5. The zero-order chi connectivity index (χ0) is 25.0. The minimum absolute atomic E-state index is 0.268. The average molecular weight is 544 g/mol. The summed E-state index contributed by atoms with van der Waals surface area (Å²) in [5.41, 5.74) is 2.82. The number of imidazole rings is 1. The number of hydrogen-bond donors (Lipinski definition) is 0. The van der Waals surface area contributed by atoms with Crippen LogP contribution >= 0.6 is 22.9 Å². The Hall–Kier alpha value is -2.76. The third-order valence-electron chi connectivity index (χ3n) is 5.96. The molecule has 1 saturated heterocycles. The van der Waals surface area contributed by atoms with Gasteiger partial charge in [-0.25, -0.2) is 18.4 Å². The molecular formula is C25H26ClN5O3S2. The highest BCUT2D eigenvalue weighted by Crippen LogP contribution is 2.24. The van der Waals surface area contributed by atoms with Crippen LogP contribution in [0.1, 0.15) is 6.42 Å². The summed E-state index contributed by atoms with van der Waals surface area (Å²) in [5, 5.41) is 2.79. The van der Waals surface area contributed by atoms with Crippen LogP contribution in [0.4, 0.5) is 5.69 Å². The lowest BCUT2D eigenvalue weighted by atomic mass is 10.2. The van der Waals surface area contributed by atoms with Crippen molar-refractivity contribution in [3.05, 3.63) is 82.5 Å². The first kappa shape index (κ1) is 24.9. The lowest BCUT2D eigenvalue weighted by Gasteiger charge is -2.26. The average Bonchev–Trinajstić information content (AvgIpc) is 3.56. The SMILES string of the molecule is O=S(=O)(c1ccc(N=c2scc(-c3ccc(Cl)cc3)n2CCCn2ccnc2)cc1)N1CCOCC1. The maximum Gasteiger partial charge on any atom is 0.243 e. The van der Waals surface area contributed by atoms with E-state index in [4.69, 9.17) is 21.3 Å². The van der Waals surface area contributed by atoms with Crippen LogP contribution in [0, 0.1) is 0 Å². The molecule has 0 radical (unpaired) electrons. The molecule has 5 rings (SSSR count). The minimum atomic E-state index is -3.54. The lowest BCUT2D eigenvalue weighted by Crippen LogP contribution is -2.40. The Bertz CT molecular complexity index is 1460. The van der Waals surface area contributed by atoms with Crippen molar-refractivity contribution in [1.82, 2.24) is 18.4 Å². The lowest BCUT2D eigenvalue weighted by molar-refractivity contribution is 0.0730. The maximum atomic E-state index is 12.9. The van der Waals surface area contributed by atoms with Gasteiger partial charge in [-0.2, -0.15) is 4.31 Å². The molecule has 1 fully saturated rings. The van der Waals surface area contributed by atoms with Crippen molar-refractivity contribution in [3.8, 4) is 11.3 Å². The van der Waals surface area contributed by atoms with E-state index in [1.54, 1.807) is 41.8 Å². The largest absolute Gasteiger partial charge is 0.379 e. The Morgan fingerprint density at radius 3 is 2.47 bits per heavy atom. The van der Waals surface area contributed by atoms with E-state index >= 15 is 0 Å². The molecule has 0 unspecified atom stereocenters. The van der Waals surface area contributed by atoms with E-state index in [0.29, 0.717) is 37.0 Å². The first-order valence-electron chi connectivity index (χ1n) is 11.6. The molecule has 1 aliphatic heterocycles. The van der Waals surface area contributed by atoms with Crippen LogP contribution in [-0.4, -0.2) is 53.1 Å². The number of rotatable bonds is 8. The Balaban J connectivity index is 1.43. The molecule has 36 heavy (non-hydrogen) atoms. The number of ether oxygens (including phenoxy) is 1. The van der Waals surface area contributed by atoms with Gasteiger partial charge in [-0.15, -0.1) is 11.3 Å². The molecule has 2 aromatic carbocycles. The van der Waals surface area contributed by atoms with E-state index in [-0.39, 0.29) is 4.90 Å². The third kappa shape index (κ3) is 5.63. The van der Waals surface area contributed by atoms with Gasteiger partial charge in [-0.3, -0.25) is 0 Å². The Kier molecular flexibility index (Phi) is 7.68. The van der Waals surface area contributed by atoms with E-state index < -0.39 is 10.0 Å². The van der Waals surface area contributed by atoms with Crippen LogP contribution in [0.25, 0.3) is 11.3 Å². The fourth-order valence-corrected chi connectivity index (χ4v) is 6.54. The maximum absolute atomic E-state index is 12.9. The van der Waals surface area contributed by atoms with Crippen molar-refractivity contribution in [3.63, 3.8) is 0 Å². The molecule has 0 N–H and O–H groups in total. The van der Waals surface area contributed by atoms with Gasteiger partial charge < -0.3 is 13.9 Å². The molecule has 8 nitrogen and oxygen atoms in total. The third-order valence-corrected chi connectivity index (χ3v) is 8.99. The smallest absolute Gasteiger partial charge is 0.243 e. The number of morpholine rings is 1. The van der Waals surface area contributed by atoms with E-state index in [1.165, 1.54) is 4.31 Å². The molecule has 3 heterocycles. The van der Waals surface area contributed by atoms with Gasteiger partial charge in [0.25, 0.3) is 0 Å². The number of thiazole rings is 1. The van der Waals surface area contributed by atoms with E-state index in [0.717, 1.165) is 35.6 Å². The Morgan fingerprint density at radius 2 is 1.78 bits per heavy atom. The highest BCUT2D eigenvalue weighted by molar-refractivity contribution is 7.89. The second-order valence-electron chi connectivity index (χ2n) is 8.34. The van der Waals surface area contributed by atoms with Gasteiger partial charge >= 0.3 is 0 Å². The second kappa shape index (κ2) is 11.1. The number of sulfonamides is 1. The summed E-state index contributed by atoms with van der Waals surface area (Å²) >= 11 is 7.66. The quantitative estimate of drug-likeness (QED) is 0.329. The Morgan fingerprint density at radius 1 is 1.03 bits per heavy atom. The number of aromatic nitrogens is 3. The highest BCUT2D eigenvalue weighted by Gasteiger charge is 2.26. The molecule has 0 aliphatic carbocycles. The Labute approximate surface area is 219 Å². The van der Waals surface area contributed by atoms with Crippen LogP contribution < -0.4 is 4.80 Å². The zero-order valence-electron chi connectivity index (χ0n) is 19.5. The molecule has 11 heteroatoms. The topological polar surface area (TPSA) is 81.7 Å². The van der Waals surface area contributed by atoms with Gasteiger partial charge in [0.15, 0.2) is 4.80 Å². The first-order chi connectivity index (χ1) is 17.5. The molecule has 2 aromatic heterocycles. The summed E-state index contributed by atoms with van der Waals surface area (Å²) in [7, 11) is -3.54. The van der Waals surface area contributed by atoms with Gasteiger partial charge in [0.05, 0.1) is 35.8 Å². The fraction of sp³-hybridized carbons (Fsp3) is 0.280. The predicted molar refractivity (Wildman–Crippen MR) is 141 cm³/mol. The summed E-state index contributed by atoms with van der Waals surface area (Å²) in [4.78, 5) is 10.1. The monoisotopic (exact) mass is 543 g/mol. The second-order valence-corrected chi connectivity index (χ2v) is 11.5. The van der Waals surface area contributed by atoms with E-state index in [1.807, 2.05) is 36.8 Å². The molecule has 188 valence electrons. The summed E-state index contributed by atoms with van der Waals surface area (Å²) < 4.78 is 36.9. The van der Waals surface area contributed by atoms with Crippen LogP contribution in [0.3, 0.4) is 0 Å². The van der Waals surface area contributed by atoms with Gasteiger partial charge in [-0.1, -0.05) is 23.7 Å². The summed E-state index contributed by atoms with van der Waals surface area (Å²) in [6.45, 7) is 3.19. The minimum Gasteiger partial charge on any atom is -0.379 e. The normalized spacial score (nSPS) is 15.4. The van der Waals surface area contributed by atoms with Crippen LogP contribution in [0.5, 0.6) is 0 Å². The molecule has 0 saturated carbocycles. The summed E-state index contributed by atoms with van der Waals surface area (Å²) in [6.07, 6.45) is 6.45. The van der Waals surface area contributed by atoms with Gasteiger partial charge in [-0.05, 0) is 48.4 Å². The predicted octanol–water partition coefficient (Wildman–Crippen LogP) is 4.41. The van der Waals surface area contributed by atoms with Crippen LogP contribution in [0.15, 0.2) is 82.5 Å². The van der Waals surface area contributed by atoms with Gasteiger partial charge in [0.1, 0.15) is 0 Å². The van der Waals surface area contributed by atoms with Crippen molar-refractivity contribution in [2.24, 2.45) is 4.99 Å². The zero-order valence-corrected chi connectivity index (χ0v) is 21.9. The molecule has 4 aromatic rings. The first-order valence-corrected chi connectivity index (χ1v) is 14.3. The van der Waals surface area contributed by atoms with Crippen molar-refractivity contribution in [2.45, 2.75) is 24.4 Å². The fourth-order valence-electron chi connectivity index (χ4n) is 4.06. The highest BCUT2D eigenvalue weighted by atomic mass is 35.5. The number of benzene rings is 2. The van der Waals surface area contributed by atoms with E-state index in [9.17, 15) is 8.42 Å². The molecule has 0 amide bonds. The van der Waals surface area contributed by atoms with Crippen molar-refractivity contribution in [1.29, 1.82) is 0 Å². The molecule has 0 bridgehead atoms. The summed E-state index contributed by atoms with van der Waals surface area (Å²) in [5.74, 6) is 0. The van der Waals surface area contributed by atoms with Crippen molar-refractivity contribution < 1.29 is 13.2 Å². The molecule has 0 atom stereocenters. The molecule has 1 aliphatic rings. The number of aryl methyl sites for hydroxylation is 1. The van der Waals surface area contributed by atoms with Crippen LogP contribution in [-0.2, 0) is 27.8 Å². The van der Waals surface area contributed by atoms with Crippen LogP contribution in [0.2, 0.25) is 5.02 Å². The van der Waals surface area contributed by atoms with Crippen molar-refractivity contribution in [2.75, 3.05) is 26.3 Å². The molecule has 0 spiro atoms. The van der Waals surface area contributed by atoms with Gasteiger partial charge in [0, 0.05) is 49.0 Å². The standard InChI is InChI=1S/C25H26ClN5O3S2/c26-21-4-2-20(3-5-21)24-18-35-25(31(24)12-1-11-29-13-10-27-19-29)28-22-6-8-23(9-7-22)36(32,33)30-14-16-34-17-15-30/h2-10,13,18-19H,1,11-12,14-17H2. The van der Waals surface area contributed by atoms with E-state index in [2.05, 4.69) is 19.5 Å².